The van der Waals surface area contributed by atoms with E-state index in [1.165, 1.54) is 7.11 Å². The quantitative estimate of drug-likeness (QED) is 0.678. The van der Waals surface area contributed by atoms with Crippen molar-refractivity contribution < 1.29 is 14.3 Å². The lowest BCUT2D eigenvalue weighted by Gasteiger charge is -2.28. The van der Waals surface area contributed by atoms with Gasteiger partial charge in [-0.25, -0.2) is 0 Å². The van der Waals surface area contributed by atoms with Crippen molar-refractivity contribution in [2.45, 2.75) is 51.7 Å². The average Bonchev–Trinajstić information content (AvgIpc) is 2.16. The third-order valence-electron chi connectivity index (χ3n) is 2.69. The Morgan fingerprint density at radius 2 is 1.81 bits per heavy atom. The topological polar surface area (TPSA) is 47.6 Å². The molecule has 1 N–H and O–H groups in total. The summed E-state index contributed by atoms with van der Waals surface area (Å²) >= 11 is 0. The smallest absolute Gasteiger partial charge is 0.308 e. The molecule has 16 heavy (non-hydrogen) atoms. The Kier molecular flexibility index (Phi) is 5.97. The molecule has 0 radical (unpaired) electrons. The predicted molar refractivity (Wildman–Crippen MR) is 64.4 cm³/mol. The van der Waals surface area contributed by atoms with Crippen LogP contribution in [0.2, 0.25) is 0 Å². The van der Waals surface area contributed by atoms with Crippen molar-refractivity contribution in [1.29, 1.82) is 0 Å². The average molecular weight is 231 g/mol. The molecule has 0 spiro atoms. The van der Waals surface area contributed by atoms with Crippen molar-refractivity contribution in [3.63, 3.8) is 0 Å². The fourth-order valence-electron chi connectivity index (χ4n) is 1.18. The molecule has 0 heterocycles. The molecule has 0 aromatic rings. The second-order valence-electron chi connectivity index (χ2n) is 5.24. The van der Waals surface area contributed by atoms with Gasteiger partial charge in [0, 0.05) is 12.1 Å². The van der Waals surface area contributed by atoms with E-state index < -0.39 is 5.60 Å². The summed E-state index contributed by atoms with van der Waals surface area (Å²) in [5.74, 6) is -0.238. The summed E-state index contributed by atoms with van der Waals surface area (Å²) < 4.78 is 10.3. The van der Waals surface area contributed by atoms with E-state index in [0.717, 1.165) is 6.42 Å². The van der Waals surface area contributed by atoms with Crippen molar-refractivity contribution >= 4 is 5.97 Å². The third-order valence-corrected chi connectivity index (χ3v) is 2.69. The molecule has 0 aliphatic carbocycles. The molecule has 0 aliphatic heterocycles. The van der Waals surface area contributed by atoms with E-state index in [1.54, 1.807) is 0 Å². The van der Waals surface area contributed by atoms with Crippen molar-refractivity contribution in [2.75, 3.05) is 20.8 Å². The molecule has 0 rings (SSSR count). The van der Waals surface area contributed by atoms with Gasteiger partial charge in [-0.2, -0.15) is 0 Å². The zero-order valence-electron chi connectivity index (χ0n) is 11.3. The molecule has 96 valence electrons. The first-order valence-corrected chi connectivity index (χ1v) is 5.62. The highest BCUT2D eigenvalue weighted by Crippen LogP contribution is 2.17. The molecule has 0 fully saturated rings. The molecule has 4 heteroatoms. The van der Waals surface area contributed by atoms with Crippen molar-refractivity contribution in [2.24, 2.45) is 0 Å². The molecule has 0 saturated carbocycles. The lowest BCUT2D eigenvalue weighted by molar-refractivity contribution is -0.147. The summed E-state index contributed by atoms with van der Waals surface area (Å²) in [6, 6.07) is 0. The van der Waals surface area contributed by atoms with Crippen LogP contribution in [0.15, 0.2) is 0 Å². The van der Waals surface area contributed by atoms with Gasteiger partial charge < -0.3 is 14.8 Å². The molecular formula is C12H25NO3. The van der Waals surface area contributed by atoms with Crippen molar-refractivity contribution in [1.82, 2.24) is 5.32 Å². The Labute approximate surface area is 98.7 Å². The summed E-state index contributed by atoms with van der Waals surface area (Å²) in [5.41, 5.74) is -0.405. The summed E-state index contributed by atoms with van der Waals surface area (Å²) in [4.78, 5) is 11.1. The Bertz CT molecular complexity index is 224. The molecule has 0 aliphatic rings. The fraction of sp³-hybridized carbons (Fsp3) is 0.917. The van der Waals surface area contributed by atoms with Crippen LogP contribution in [-0.4, -0.2) is 37.9 Å². The van der Waals surface area contributed by atoms with E-state index in [1.807, 2.05) is 20.9 Å². The van der Waals surface area contributed by atoms with E-state index in [-0.39, 0.29) is 17.9 Å². The molecular weight excluding hydrogens is 206 g/mol. The predicted octanol–water partition coefficient (Wildman–Crippen LogP) is 1.73. The van der Waals surface area contributed by atoms with E-state index in [2.05, 4.69) is 23.9 Å². The number of esters is 1. The number of hydrogen-bond donors (Lipinski definition) is 1. The molecule has 0 aromatic heterocycles. The van der Waals surface area contributed by atoms with Gasteiger partial charge in [0.05, 0.1) is 19.1 Å². The molecule has 0 bridgehead atoms. The van der Waals surface area contributed by atoms with E-state index in [9.17, 15) is 4.79 Å². The molecule has 0 amide bonds. The van der Waals surface area contributed by atoms with Gasteiger partial charge in [-0.1, -0.05) is 0 Å². The lowest BCUT2D eigenvalue weighted by atomic mass is 10.0. The van der Waals surface area contributed by atoms with Gasteiger partial charge in [0.1, 0.15) is 0 Å². The maximum atomic E-state index is 11.1. The Morgan fingerprint density at radius 1 is 1.25 bits per heavy atom. The van der Waals surface area contributed by atoms with Gasteiger partial charge in [-0.15, -0.1) is 0 Å². The SMILES string of the molecule is CNC(C)(C)CCOC(C)(C)CC(=O)OC. The largest absolute Gasteiger partial charge is 0.469 e. The third kappa shape index (κ3) is 6.80. The number of ether oxygens (including phenoxy) is 2. The Morgan fingerprint density at radius 3 is 2.25 bits per heavy atom. The van der Waals surface area contributed by atoms with Crippen molar-refractivity contribution in [3.8, 4) is 0 Å². The van der Waals surface area contributed by atoms with Gasteiger partial charge >= 0.3 is 5.97 Å². The standard InChI is InChI=1S/C12H25NO3/c1-11(2,13-5)7-8-16-12(3,4)9-10(14)15-6/h13H,7-9H2,1-6H3. The highest BCUT2D eigenvalue weighted by Gasteiger charge is 2.24. The van der Waals surface area contributed by atoms with Crippen LogP contribution in [0.3, 0.4) is 0 Å². The van der Waals surface area contributed by atoms with Gasteiger partial charge in [0.25, 0.3) is 0 Å². The number of carbonyl (C=O) groups is 1. The van der Waals surface area contributed by atoms with Crippen LogP contribution in [-0.2, 0) is 14.3 Å². The minimum atomic E-state index is -0.461. The Hall–Kier alpha value is -0.610. The second-order valence-corrected chi connectivity index (χ2v) is 5.24. The number of rotatable bonds is 7. The maximum Gasteiger partial charge on any atom is 0.308 e. The van der Waals surface area contributed by atoms with Gasteiger partial charge in [0.15, 0.2) is 0 Å². The van der Waals surface area contributed by atoms with Crippen LogP contribution in [0, 0.1) is 0 Å². The minimum Gasteiger partial charge on any atom is -0.469 e. The van der Waals surface area contributed by atoms with Crippen LogP contribution in [0.1, 0.15) is 40.5 Å². The molecule has 0 saturated heterocycles. The monoisotopic (exact) mass is 231 g/mol. The van der Waals surface area contributed by atoms with E-state index in [0.29, 0.717) is 6.61 Å². The van der Waals surface area contributed by atoms with Crippen LogP contribution in [0.25, 0.3) is 0 Å². The lowest BCUT2D eigenvalue weighted by Crippen LogP contribution is -2.39. The van der Waals surface area contributed by atoms with Gasteiger partial charge in [0.2, 0.25) is 0 Å². The van der Waals surface area contributed by atoms with Crippen LogP contribution >= 0.6 is 0 Å². The first-order valence-electron chi connectivity index (χ1n) is 5.62. The molecule has 4 nitrogen and oxygen atoms in total. The minimum absolute atomic E-state index is 0.0569. The van der Waals surface area contributed by atoms with Crippen LogP contribution in [0.5, 0.6) is 0 Å². The second kappa shape index (κ2) is 6.21. The number of methoxy groups -OCH3 is 1. The van der Waals surface area contributed by atoms with Gasteiger partial charge in [-0.3, -0.25) is 4.79 Å². The molecule has 0 aromatic carbocycles. The van der Waals surface area contributed by atoms with Crippen LogP contribution < -0.4 is 5.32 Å². The summed E-state index contributed by atoms with van der Waals surface area (Å²) in [6.45, 7) is 8.65. The number of nitrogens with one attached hydrogen (secondary N) is 1. The first kappa shape index (κ1) is 15.4. The number of carbonyl (C=O) groups excluding carboxylic acids is 1. The number of hydrogen-bond acceptors (Lipinski definition) is 4. The summed E-state index contributed by atoms with van der Waals surface area (Å²) in [5, 5.41) is 3.21. The summed E-state index contributed by atoms with van der Waals surface area (Å²) in [7, 11) is 3.32. The molecule has 0 unspecified atom stereocenters. The first-order chi connectivity index (χ1) is 7.22. The summed E-state index contributed by atoms with van der Waals surface area (Å²) in [6.07, 6.45) is 1.18. The Balaban J connectivity index is 3.95. The maximum absolute atomic E-state index is 11.1. The molecule has 0 atom stereocenters. The van der Waals surface area contributed by atoms with Gasteiger partial charge in [-0.05, 0) is 41.2 Å². The zero-order chi connectivity index (χ0) is 12.8. The highest BCUT2D eigenvalue weighted by molar-refractivity contribution is 5.70. The van der Waals surface area contributed by atoms with E-state index >= 15 is 0 Å². The fourth-order valence-corrected chi connectivity index (χ4v) is 1.18. The van der Waals surface area contributed by atoms with E-state index in [4.69, 9.17) is 4.74 Å². The highest BCUT2D eigenvalue weighted by atomic mass is 16.5. The zero-order valence-corrected chi connectivity index (χ0v) is 11.3. The van der Waals surface area contributed by atoms with Crippen LogP contribution in [0.4, 0.5) is 0 Å². The normalized spacial score (nSPS) is 12.6. The van der Waals surface area contributed by atoms with Crippen molar-refractivity contribution in [3.05, 3.63) is 0 Å².